The van der Waals surface area contributed by atoms with Gasteiger partial charge in [-0.1, -0.05) is 128 Å². The van der Waals surface area contributed by atoms with Gasteiger partial charge >= 0.3 is 5.97 Å². The maximum Gasteiger partial charge on any atom is 0.335 e. The molecule has 0 aliphatic carbocycles. The van der Waals surface area contributed by atoms with Crippen LogP contribution in [0, 0.1) is 11.7 Å². The molecule has 0 bridgehead atoms. The lowest BCUT2D eigenvalue weighted by molar-refractivity contribution is 0.0696. The number of halogens is 1. The van der Waals surface area contributed by atoms with Crippen LogP contribution in [0.4, 0.5) is 4.39 Å². The van der Waals surface area contributed by atoms with E-state index in [2.05, 4.69) is 32.0 Å². The molecule has 0 amide bonds. The highest BCUT2D eigenvalue weighted by atomic mass is 19.1. The predicted molar refractivity (Wildman–Crippen MR) is 173 cm³/mol. The van der Waals surface area contributed by atoms with Crippen molar-refractivity contribution in [2.24, 2.45) is 5.92 Å². The molecule has 0 radical (unpaired) electrons. The molecular weight excluding hydrogens is 523 g/mol. The molecule has 0 aliphatic heterocycles. The van der Waals surface area contributed by atoms with Crippen molar-refractivity contribution in [1.82, 2.24) is 0 Å². The minimum absolute atomic E-state index is 0.133. The Hall–Kier alpha value is -3.27. The molecule has 0 aliphatic rings. The van der Waals surface area contributed by atoms with Crippen molar-refractivity contribution in [2.75, 3.05) is 0 Å². The van der Waals surface area contributed by atoms with Gasteiger partial charge in [-0.15, -0.1) is 0 Å². The van der Waals surface area contributed by atoms with Gasteiger partial charge in [0.2, 0.25) is 0 Å². The Kier molecular flexibility index (Phi) is 14.0. The van der Waals surface area contributed by atoms with Crippen molar-refractivity contribution >= 4 is 11.8 Å². The maximum atomic E-state index is 15.5. The van der Waals surface area contributed by atoms with E-state index in [-0.39, 0.29) is 22.8 Å². The number of ketones is 1. The quantitative estimate of drug-likeness (QED) is 0.115. The van der Waals surface area contributed by atoms with Gasteiger partial charge in [-0.25, -0.2) is 9.18 Å². The van der Waals surface area contributed by atoms with Crippen LogP contribution in [0.1, 0.15) is 131 Å². The molecule has 0 fully saturated rings. The summed E-state index contributed by atoms with van der Waals surface area (Å²) in [7, 11) is 0. The largest absolute Gasteiger partial charge is 0.478 e. The van der Waals surface area contributed by atoms with Crippen LogP contribution in [-0.4, -0.2) is 16.9 Å². The normalized spacial score (nSPS) is 11.9. The number of aromatic carboxylic acids is 1. The minimum Gasteiger partial charge on any atom is -0.478 e. The van der Waals surface area contributed by atoms with Gasteiger partial charge in [-0.05, 0) is 71.3 Å². The van der Waals surface area contributed by atoms with Crippen LogP contribution in [0.15, 0.2) is 60.7 Å². The summed E-state index contributed by atoms with van der Waals surface area (Å²) < 4.78 is 15.5. The molecule has 1 unspecified atom stereocenters. The van der Waals surface area contributed by atoms with E-state index >= 15 is 4.39 Å². The molecule has 0 spiro atoms. The first-order chi connectivity index (χ1) is 20.3. The minimum atomic E-state index is -0.968. The average Bonchev–Trinajstić information content (AvgIpc) is 3.00. The van der Waals surface area contributed by atoms with Gasteiger partial charge in [0.1, 0.15) is 5.82 Å². The van der Waals surface area contributed by atoms with Crippen LogP contribution in [0.25, 0.3) is 22.3 Å². The van der Waals surface area contributed by atoms with Crippen molar-refractivity contribution in [3.05, 3.63) is 83.2 Å². The molecule has 226 valence electrons. The second-order valence-electron chi connectivity index (χ2n) is 11.8. The van der Waals surface area contributed by atoms with E-state index in [0.29, 0.717) is 0 Å². The Balaban J connectivity index is 1.82. The number of rotatable bonds is 19. The fraction of sp³-hybridized carbons (Fsp3) is 0.474. The van der Waals surface area contributed by atoms with Gasteiger partial charge in [0.15, 0.2) is 5.78 Å². The third-order valence-electron chi connectivity index (χ3n) is 8.33. The maximum absolute atomic E-state index is 15.5. The summed E-state index contributed by atoms with van der Waals surface area (Å²) in [6.45, 7) is 6.32. The van der Waals surface area contributed by atoms with Crippen molar-refractivity contribution < 1.29 is 19.1 Å². The number of Topliss-reactive ketones (excluding diaryl/α,β-unsaturated/α-hetero) is 1. The Morgan fingerprint density at radius 1 is 0.690 bits per heavy atom. The van der Waals surface area contributed by atoms with Gasteiger partial charge in [0.05, 0.1) is 11.1 Å². The first-order valence-corrected chi connectivity index (χ1v) is 16.2. The number of benzene rings is 3. The van der Waals surface area contributed by atoms with Crippen LogP contribution in [0.3, 0.4) is 0 Å². The first kappa shape index (κ1) is 33.2. The molecule has 3 aromatic rings. The number of unbranched alkanes of at least 4 members (excludes halogenated alkanes) is 10. The number of hydrogen-bond donors (Lipinski definition) is 1. The highest BCUT2D eigenvalue weighted by molar-refractivity contribution is 5.98. The number of carbonyl (C=O) groups is 2. The highest BCUT2D eigenvalue weighted by Crippen LogP contribution is 2.35. The zero-order valence-corrected chi connectivity index (χ0v) is 25.9. The Labute approximate surface area is 252 Å². The van der Waals surface area contributed by atoms with Crippen LogP contribution in [-0.2, 0) is 6.42 Å². The number of carboxylic acid groups (broad SMARTS) is 1. The van der Waals surface area contributed by atoms with Gasteiger partial charge in [0, 0.05) is 5.92 Å². The molecule has 3 rings (SSSR count). The highest BCUT2D eigenvalue weighted by Gasteiger charge is 2.20. The fourth-order valence-corrected chi connectivity index (χ4v) is 5.65. The lowest BCUT2D eigenvalue weighted by atomic mass is 9.89. The van der Waals surface area contributed by atoms with Gasteiger partial charge in [0.25, 0.3) is 0 Å². The molecule has 4 heteroatoms. The second kappa shape index (κ2) is 17.6. The number of carboxylic acids is 1. The van der Waals surface area contributed by atoms with E-state index in [1.54, 1.807) is 30.3 Å². The molecule has 0 aromatic heterocycles. The molecule has 0 saturated carbocycles. The van der Waals surface area contributed by atoms with E-state index in [1.165, 1.54) is 69.4 Å². The summed E-state index contributed by atoms with van der Waals surface area (Å²) in [6, 6.07) is 18.1. The number of carbonyl (C=O) groups excluding carboxylic acids is 1. The first-order valence-electron chi connectivity index (χ1n) is 16.2. The van der Waals surface area contributed by atoms with Crippen molar-refractivity contribution in [3.8, 4) is 22.3 Å². The fourth-order valence-electron chi connectivity index (χ4n) is 5.65. The lowest BCUT2D eigenvalue weighted by Gasteiger charge is -2.15. The van der Waals surface area contributed by atoms with E-state index in [4.69, 9.17) is 0 Å². The summed E-state index contributed by atoms with van der Waals surface area (Å²) in [4.78, 5) is 24.5. The van der Waals surface area contributed by atoms with Crippen LogP contribution in [0.2, 0.25) is 0 Å². The van der Waals surface area contributed by atoms with E-state index in [0.717, 1.165) is 54.4 Å². The molecule has 3 nitrogen and oxygen atoms in total. The monoisotopic (exact) mass is 572 g/mol. The summed E-state index contributed by atoms with van der Waals surface area (Å²) in [5.41, 5.74) is 4.97. The summed E-state index contributed by atoms with van der Waals surface area (Å²) in [6.07, 6.45) is 16.1. The summed E-state index contributed by atoms with van der Waals surface area (Å²) in [5, 5.41) is 9.33. The zero-order valence-electron chi connectivity index (χ0n) is 25.9. The van der Waals surface area contributed by atoms with Crippen LogP contribution >= 0.6 is 0 Å². The van der Waals surface area contributed by atoms with Crippen LogP contribution in [0.5, 0.6) is 0 Å². The van der Waals surface area contributed by atoms with Gasteiger partial charge in [-0.2, -0.15) is 0 Å². The standard InChI is InChI=1S/C38H49FO3/c1-4-6-8-10-11-13-15-17-29-18-24-33(30-19-21-31(22-20-30)38(41)42)35(26-29)32-23-25-34(36(39)27-32)37(40)28(3)16-14-12-9-7-5-2/h18-28H,4-17H2,1-3H3,(H,41,42). The van der Waals surface area contributed by atoms with Crippen molar-refractivity contribution in [1.29, 1.82) is 0 Å². The molecule has 1 N–H and O–H groups in total. The van der Waals surface area contributed by atoms with E-state index < -0.39 is 11.8 Å². The topological polar surface area (TPSA) is 54.4 Å². The molecule has 0 saturated heterocycles. The molecule has 0 heterocycles. The van der Waals surface area contributed by atoms with Gasteiger partial charge < -0.3 is 5.11 Å². The third-order valence-corrected chi connectivity index (χ3v) is 8.33. The van der Waals surface area contributed by atoms with Crippen molar-refractivity contribution in [3.63, 3.8) is 0 Å². The van der Waals surface area contributed by atoms with Crippen LogP contribution < -0.4 is 0 Å². The molecular formula is C38H49FO3. The molecule has 3 aromatic carbocycles. The number of hydrogen-bond acceptors (Lipinski definition) is 2. The van der Waals surface area contributed by atoms with E-state index in [1.807, 2.05) is 13.0 Å². The smallest absolute Gasteiger partial charge is 0.335 e. The Bertz CT molecular complexity index is 1280. The third kappa shape index (κ3) is 9.93. The Morgan fingerprint density at radius 3 is 1.90 bits per heavy atom. The van der Waals surface area contributed by atoms with Crippen molar-refractivity contribution in [2.45, 2.75) is 111 Å². The average molecular weight is 573 g/mol. The number of aryl methyl sites for hydroxylation is 1. The summed E-state index contributed by atoms with van der Waals surface area (Å²) in [5.74, 6) is -1.79. The SMILES string of the molecule is CCCCCCCCCc1ccc(-c2ccc(C(=O)O)cc2)c(-c2ccc(C(=O)C(C)CCCCCCC)c(F)c2)c1. The summed E-state index contributed by atoms with van der Waals surface area (Å²) >= 11 is 0. The zero-order chi connectivity index (χ0) is 30.3. The van der Waals surface area contributed by atoms with Gasteiger partial charge in [-0.3, -0.25) is 4.79 Å². The lowest BCUT2D eigenvalue weighted by Crippen LogP contribution is -2.13. The Morgan fingerprint density at radius 2 is 1.29 bits per heavy atom. The predicted octanol–water partition coefficient (Wildman–Crippen LogP) is 11.3. The molecule has 42 heavy (non-hydrogen) atoms. The molecule has 1 atom stereocenters. The van der Waals surface area contributed by atoms with E-state index in [9.17, 15) is 14.7 Å². The second-order valence-corrected chi connectivity index (χ2v) is 11.8.